The average molecular weight is 349 g/mol. The van der Waals surface area contributed by atoms with Gasteiger partial charge in [0.25, 0.3) is 0 Å². The lowest BCUT2D eigenvalue weighted by Gasteiger charge is -2.09. The van der Waals surface area contributed by atoms with Gasteiger partial charge in [0.05, 0.1) is 4.90 Å². The van der Waals surface area contributed by atoms with Gasteiger partial charge in [-0.3, -0.25) is 4.79 Å². The van der Waals surface area contributed by atoms with Gasteiger partial charge in [0.15, 0.2) is 0 Å². The Labute approximate surface area is 121 Å². The smallest absolute Gasteiger partial charge is 0.240 e. The first-order valence-electron chi connectivity index (χ1n) is 5.87. The van der Waals surface area contributed by atoms with Gasteiger partial charge in [0, 0.05) is 17.4 Å². The molecule has 0 aliphatic rings. The van der Waals surface area contributed by atoms with Crippen LogP contribution in [0.15, 0.2) is 27.6 Å². The minimum Gasteiger partial charge on any atom is -0.370 e. The average Bonchev–Trinajstić information content (AvgIpc) is 2.31. The van der Waals surface area contributed by atoms with Crippen LogP contribution in [-0.4, -0.2) is 20.9 Å². The topological polar surface area (TPSA) is 89.3 Å². The summed E-state index contributed by atoms with van der Waals surface area (Å²) < 4.78 is 27.4. The van der Waals surface area contributed by atoms with Crippen molar-refractivity contribution in [2.75, 3.05) is 6.54 Å². The molecule has 106 valence electrons. The molecule has 1 amide bonds. The molecule has 1 rings (SSSR count). The van der Waals surface area contributed by atoms with Crippen molar-refractivity contribution >= 4 is 31.9 Å². The summed E-state index contributed by atoms with van der Waals surface area (Å²) in [5.74, 6) is -0.370. The summed E-state index contributed by atoms with van der Waals surface area (Å²) in [4.78, 5) is 10.8. The summed E-state index contributed by atoms with van der Waals surface area (Å²) in [6.45, 7) is 2.04. The molecular formula is C12H17BrN2O3S. The molecule has 0 heterocycles. The first-order valence-corrected chi connectivity index (χ1v) is 8.14. The Morgan fingerprint density at radius 1 is 1.37 bits per heavy atom. The van der Waals surface area contributed by atoms with E-state index in [0.717, 1.165) is 0 Å². The van der Waals surface area contributed by atoms with E-state index >= 15 is 0 Å². The number of nitrogens with one attached hydrogen (secondary N) is 1. The number of aryl methyl sites for hydroxylation is 1. The summed E-state index contributed by atoms with van der Waals surface area (Å²) in [5.41, 5.74) is 5.69. The molecule has 3 N–H and O–H groups in total. The van der Waals surface area contributed by atoms with Crippen LogP contribution in [0.2, 0.25) is 0 Å². The molecule has 0 bridgehead atoms. The Morgan fingerprint density at radius 2 is 2.05 bits per heavy atom. The zero-order valence-corrected chi connectivity index (χ0v) is 13.1. The highest BCUT2D eigenvalue weighted by molar-refractivity contribution is 9.10. The van der Waals surface area contributed by atoms with Crippen LogP contribution < -0.4 is 10.5 Å². The maximum absolute atomic E-state index is 12.1. The van der Waals surface area contributed by atoms with Gasteiger partial charge in [0.2, 0.25) is 15.9 Å². The van der Waals surface area contributed by atoms with Crippen molar-refractivity contribution in [2.45, 2.75) is 31.1 Å². The molecule has 7 heteroatoms. The number of halogens is 1. The quantitative estimate of drug-likeness (QED) is 0.734. The number of sulfonamides is 1. The van der Waals surface area contributed by atoms with Crippen LogP contribution in [0, 0.1) is 6.92 Å². The fourth-order valence-corrected chi connectivity index (χ4v) is 3.43. The van der Waals surface area contributed by atoms with Crippen LogP contribution in [0.5, 0.6) is 0 Å². The minimum atomic E-state index is -3.51. The first kappa shape index (κ1) is 16.1. The maximum atomic E-state index is 12.1. The molecule has 0 radical (unpaired) electrons. The van der Waals surface area contributed by atoms with Crippen LogP contribution in [0.4, 0.5) is 0 Å². The Bertz CT molecular complexity index is 558. The third-order valence-electron chi connectivity index (χ3n) is 2.58. The molecule has 0 aliphatic carbocycles. The lowest BCUT2D eigenvalue weighted by Crippen LogP contribution is -2.25. The largest absolute Gasteiger partial charge is 0.370 e. The molecule has 0 aliphatic heterocycles. The van der Waals surface area contributed by atoms with Crippen LogP contribution in [0.1, 0.15) is 24.8 Å². The molecule has 0 saturated heterocycles. The van der Waals surface area contributed by atoms with E-state index in [1.807, 2.05) is 0 Å². The van der Waals surface area contributed by atoms with E-state index in [1.54, 1.807) is 25.1 Å². The van der Waals surface area contributed by atoms with Crippen LogP contribution >= 0.6 is 15.9 Å². The first-order chi connectivity index (χ1) is 8.83. The number of carbonyl (C=O) groups excluding carboxylic acids is 1. The number of nitrogens with two attached hydrogens (primary N) is 1. The zero-order chi connectivity index (χ0) is 14.5. The van der Waals surface area contributed by atoms with Gasteiger partial charge >= 0.3 is 0 Å². The fourth-order valence-electron chi connectivity index (χ4n) is 1.57. The van der Waals surface area contributed by atoms with Crippen molar-refractivity contribution in [1.29, 1.82) is 0 Å². The summed E-state index contributed by atoms with van der Waals surface area (Å²) >= 11 is 3.25. The van der Waals surface area contributed by atoms with E-state index in [9.17, 15) is 13.2 Å². The van der Waals surface area contributed by atoms with E-state index in [2.05, 4.69) is 20.7 Å². The molecule has 0 saturated carbocycles. The van der Waals surface area contributed by atoms with Gasteiger partial charge in [-0.1, -0.05) is 22.0 Å². The van der Waals surface area contributed by atoms with Crippen LogP contribution in [0.25, 0.3) is 0 Å². The van der Waals surface area contributed by atoms with Crippen molar-refractivity contribution in [3.8, 4) is 0 Å². The van der Waals surface area contributed by atoms with E-state index in [4.69, 9.17) is 5.73 Å². The predicted molar refractivity (Wildman–Crippen MR) is 77.1 cm³/mol. The van der Waals surface area contributed by atoms with Gasteiger partial charge in [0.1, 0.15) is 0 Å². The molecule has 5 nitrogen and oxygen atoms in total. The summed E-state index contributed by atoms with van der Waals surface area (Å²) in [6.07, 6.45) is 1.43. The van der Waals surface area contributed by atoms with E-state index in [1.165, 1.54) is 0 Å². The Balaban J connectivity index is 2.61. The molecule has 0 spiro atoms. The second-order valence-electron chi connectivity index (χ2n) is 4.23. The van der Waals surface area contributed by atoms with Crippen molar-refractivity contribution in [3.05, 3.63) is 28.2 Å². The molecule has 1 aromatic carbocycles. The molecular weight excluding hydrogens is 332 g/mol. The monoisotopic (exact) mass is 348 g/mol. The highest BCUT2D eigenvalue weighted by Gasteiger charge is 2.16. The van der Waals surface area contributed by atoms with E-state index < -0.39 is 10.0 Å². The summed E-state index contributed by atoms with van der Waals surface area (Å²) in [7, 11) is -3.51. The molecule has 0 aromatic heterocycles. The van der Waals surface area contributed by atoms with Crippen LogP contribution in [0.3, 0.4) is 0 Å². The zero-order valence-electron chi connectivity index (χ0n) is 10.6. The minimum absolute atomic E-state index is 0.261. The Kier molecular flexibility index (Phi) is 5.96. The number of unbranched alkanes of at least 4 members (excludes halogenated alkanes) is 1. The van der Waals surface area contributed by atoms with Crippen LogP contribution in [-0.2, 0) is 14.8 Å². The predicted octanol–water partition coefficient (Wildman–Crippen LogP) is 1.69. The lowest BCUT2D eigenvalue weighted by molar-refractivity contribution is -0.118. The Hall–Kier alpha value is -0.920. The normalized spacial score (nSPS) is 11.5. The third kappa shape index (κ3) is 5.30. The van der Waals surface area contributed by atoms with Gasteiger partial charge < -0.3 is 5.73 Å². The number of amides is 1. The summed E-state index contributed by atoms with van der Waals surface area (Å²) in [6, 6.07) is 5.11. The summed E-state index contributed by atoms with van der Waals surface area (Å²) in [5, 5.41) is 0. The molecule has 19 heavy (non-hydrogen) atoms. The standard InChI is InChI=1S/C12H17BrN2O3S/c1-9-5-6-10(13)8-11(9)19(17,18)15-7-3-2-4-12(14)16/h5-6,8,15H,2-4,7H2,1H3,(H2,14,16). The number of benzene rings is 1. The van der Waals surface area contributed by atoms with Crippen molar-refractivity contribution in [2.24, 2.45) is 5.73 Å². The second-order valence-corrected chi connectivity index (χ2v) is 6.88. The van der Waals surface area contributed by atoms with Gasteiger partial charge in [-0.2, -0.15) is 0 Å². The lowest BCUT2D eigenvalue weighted by atomic mass is 10.2. The number of hydrogen-bond acceptors (Lipinski definition) is 3. The molecule has 0 atom stereocenters. The SMILES string of the molecule is Cc1ccc(Br)cc1S(=O)(=O)NCCCCC(N)=O. The molecule has 0 unspecified atom stereocenters. The third-order valence-corrected chi connectivity index (χ3v) is 4.68. The highest BCUT2D eigenvalue weighted by Crippen LogP contribution is 2.20. The highest BCUT2D eigenvalue weighted by atomic mass is 79.9. The second kappa shape index (κ2) is 7.02. The van der Waals surface area contributed by atoms with Crippen molar-refractivity contribution in [3.63, 3.8) is 0 Å². The number of hydrogen-bond donors (Lipinski definition) is 2. The van der Waals surface area contributed by atoms with Gasteiger partial charge in [-0.05, 0) is 37.5 Å². The number of rotatable bonds is 7. The van der Waals surface area contributed by atoms with E-state index in [0.29, 0.717) is 29.4 Å². The van der Waals surface area contributed by atoms with Crippen molar-refractivity contribution < 1.29 is 13.2 Å². The molecule has 0 fully saturated rings. The fraction of sp³-hybridized carbons (Fsp3) is 0.417. The van der Waals surface area contributed by atoms with Gasteiger partial charge in [-0.15, -0.1) is 0 Å². The van der Waals surface area contributed by atoms with Crippen molar-refractivity contribution in [1.82, 2.24) is 4.72 Å². The van der Waals surface area contributed by atoms with Gasteiger partial charge in [-0.25, -0.2) is 13.1 Å². The number of carbonyl (C=O) groups is 1. The molecule has 1 aromatic rings. The number of primary amides is 1. The Morgan fingerprint density at radius 3 is 2.68 bits per heavy atom. The van der Waals surface area contributed by atoms with E-state index in [-0.39, 0.29) is 17.2 Å². The maximum Gasteiger partial charge on any atom is 0.240 e.